The van der Waals surface area contributed by atoms with Gasteiger partial charge in [0.15, 0.2) is 5.82 Å². The zero-order chi connectivity index (χ0) is 16.8. The molecule has 1 aromatic carbocycles. The van der Waals surface area contributed by atoms with Crippen molar-refractivity contribution in [1.29, 1.82) is 0 Å². The lowest BCUT2D eigenvalue weighted by molar-refractivity contribution is 0.341. The number of para-hydroxylation sites is 1. The molecule has 2 aromatic heterocycles. The number of ether oxygens (including phenoxy) is 1. The molecule has 0 aliphatic heterocycles. The Bertz CT molecular complexity index is 884. The van der Waals surface area contributed by atoms with E-state index in [1.165, 1.54) is 29.7 Å². The number of benzene rings is 1. The van der Waals surface area contributed by atoms with Crippen LogP contribution in [0.25, 0.3) is 5.82 Å². The van der Waals surface area contributed by atoms with Crippen LogP contribution >= 0.6 is 0 Å². The Morgan fingerprint density at radius 2 is 1.96 bits per heavy atom. The maximum atomic E-state index is 12.1. The molecule has 1 N–H and O–H groups in total. The summed E-state index contributed by atoms with van der Waals surface area (Å²) >= 11 is 0. The van der Waals surface area contributed by atoms with Crippen molar-refractivity contribution in [3.05, 3.63) is 55.4 Å². The van der Waals surface area contributed by atoms with Crippen LogP contribution in [-0.2, 0) is 10.0 Å². The van der Waals surface area contributed by atoms with Crippen LogP contribution in [-0.4, -0.2) is 45.5 Å². The predicted octanol–water partition coefficient (Wildman–Crippen LogP) is 0.878. The Balaban J connectivity index is 1.61. The summed E-state index contributed by atoms with van der Waals surface area (Å²) in [5, 5.41) is 3.93. The van der Waals surface area contributed by atoms with Crippen molar-refractivity contribution in [3.8, 4) is 11.6 Å². The van der Waals surface area contributed by atoms with Gasteiger partial charge >= 0.3 is 0 Å². The molecule has 0 saturated heterocycles. The molecule has 0 fully saturated rings. The van der Waals surface area contributed by atoms with Crippen LogP contribution in [0, 0.1) is 0 Å². The van der Waals surface area contributed by atoms with Crippen LogP contribution in [0.5, 0.6) is 5.75 Å². The molecular weight excluding hydrogens is 332 g/mol. The summed E-state index contributed by atoms with van der Waals surface area (Å²) in [7, 11) is -3.60. The number of rotatable bonds is 7. The molecule has 2 heterocycles. The quantitative estimate of drug-likeness (QED) is 0.676. The molecular formula is C14H14N6O3S. The molecule has 0 amide bonds. The Morgan fingerprint density at radius 1 is 1.12 bits per heavy atom. The minimum Gasteiger partial charge on any atom is -0.492 e. The van der Waals surface area contributed by atoms with E-state index in [9.17, 15) is 8.42 Å². The molecule has 24 heavy (non-hydrogen) atoms. The van der Waals surface area contributed by atoms with Gasteiger partial charge in [0.2, 0.25) is 10.0 Å². The number of anilines is 1. The average Bonchev–Trinajstić information content (AvgIpc) is 3.10. The Kier molecular flexibility index (Phi) is 4.66. The summed E-state index contributed by atoms with van der Waals surface area (Å²) in [5.74, 6) is 0.962. The van der Waals surface area contributed by atoms with Gasteiger partial charge in [-0.2, -0.15) is 5.10 Å². The molecule has 0 unspecified atom stereocenters. The lowest BCUT2D eigenvalue weighted by atomic mass is 10.3. The van der Waals surface area contributed by atoms with E-state index in [1.807, 2.05) is 18.2 Å². The minimum absolute atomic E-state index is 0.0281. The maximum Gasteiger partial charge on any atom is 0.237 e. The third kappa shape index (κ3) is 4.26. The van der Waals surface area contributed by atoms with E-state index < -0.39 is 10.0 Å². The van der Waals surface area contributed by atoms with Crippen molar-refractivity contribution < 1.29 is 13.2 Å². The van der Waals surface area contributed by atoms with Gasteiger partial charge in [0.05, 0.1) is 0 Å². The highest BCUT2D eigenvalue weighted by atomic mass is 32.2. The normalized spacial score (nSPS) is 11.2. The first kappa shape index (κ1) is 15.9. The molecule has 0 aliphatic carbocycles. The van der Waals surface area contributed by atoms with Crippen molar-refractivity contribution in [2.75, 3.05) is 17.1 Å². The standard InChI is InChI=1S/C14H14N6O3S/c21-24(22,7-6-23-12-4-2-1-3-5-12)19-13-8-14(17-10-16-13)20-11-15-9-18-20/h1-5,8-11H,6-7H2,(H,16,17,19). The summed E-state index contributed by atoms with van der Waals surface area (Å²) in [6.07, 6.45) is 4.05. The third-order valence-electron chi connectivity index (χ3n) is 2.93. The van der Waals surface area contributed by atoms with E-state index in [2.05, 4.69) is 24.8 Å². The molecule has 0 bridgehead atoms. The first-order valence-electron chi connectivity index (χ1n) is 6.98. The largest absolute Gasteiger partial charge is 0.492 e. The van der Waals surface area contributed by atoms with Crippen LogP contribution in [0.15, 0.2) is 55.4 Å². The summed E-state index contributed by atoms with van der Waals surface area (Å²) < 4.78 is 33.4. The molecule has 10 heteroatoms. The summed E-state index contributed by atoms with van der Waals surface area (Å²) in [4.78, 5) is 11.7. The van der Waals surface area contributed by atoms with Gasteiger partial charge in [-0.25, -0.2) is 28.1 Å². The van der Waals surface area contributed by atoms with Crippen LogP contribution < -0.4 is 9.46 Å². The highest BCUT2D eigenvalue weighted by Crippen LogP contribution is 2.11. The number of hydrogen-bond acceptors (Lipinski definition) is 7. The van der Waals surface area contributed by atoms with Gasteiger partial charge in [0.1, 0.15) is 42.9 Å². The summed E-state index contributed by atoms with van der Waals surface area (Å²) in [6, 6.07) is 10.5. The van der Waals surface area contributed by atoms with Gasteiger partial charge < -0.3 is 4.74 Å². The van der Waals surface area contributed by atoms with Gasteiger partial charge in [-0.05, 0) is 12.1 Å². The fourth-order valence-corrected chi connectivity index (χ4v) is 2.69. The Morgan fingerprint density at radius 3 is 2.71 bits per heavy atom. The van der Waals surface area contributed by atoms with Crippen molar-refractivity contribution in [2.24, 2.45) is 0 Å². The molecule has 0 aliphatic rings. The monoisotopic (exact) mass is 346 g/mol. The molecule has 9 nitrogen and oxygen atoms in total. The van der Waals surface area contributed by atoms with E-state index in [0.29, 0.717) is 11.6 Å². The first-order valence-corrected chi connectivity index (χ1v) is 8.63. The third-order valence-corrected chi connectivity index (χ3v) is 4.15. The second kappa shape index (κ2) is 7.04. The SMILES string of the molecule is O=S(=O)(CCOc1ccccc1)Nc1cc(-n2cncn2)ncn1. The van der Waals surface area contributed by atoms with Crippen molar-refractivity contribution >= 4 is 15.8 Å². The lowest BCUT2D eigenvalue weighted by Gasteiger charge is -2.09. The predicted molar refractivity (Wildman–Crippen MR) is 86.3 cm³/mol. The van der Waals surface area contributed by atoms with Gasteiger partial charge in [0.25, 0.3) is 0 Å². The van der Waals surface area contributed by atoms with Gasteiger partial charge in [-0.1, -0.05) is 18.2 Å². The Labute approximate surface area is 138 Å². The van der Waals surface area contributed by atoms with Crippen LogP contribution in [0.2, 0.25) is 0 Å². The van der Waals surface area contributed by atoms with Crippen LogP contribution in [0.1, 0.15) is 0 Å². The number of nitrogens with zero attached hydrogens (tertiary/aromatic N) is 5. The number of aromatic nitrogens is 5. The van der Waals surface area contributed by atoms with Crippen molar-refractivity contribution in [3.63, 3.8) is 0 Å². The number of hydrogen-bond donors (Lipinski definition) is 1. The molecule has 0 spiro atoms. The van der Waals surface area contributed by atoms with Crippen molar-refractivity contribution in [1.82, 2.24) is 24.7 Å². The number of nitrogens with one attached hydrogen (secondary N) is 1. The van der Waals surface area contributed by atoms with Gasteiger partial charge in [-0.15, -0.1) is 0 Å². The van der Waals surface area contributed by atoms with Gasteiger partial charge in [-0.3, -0.25) is 4.72 Å². The van der Waals surface area contributed by atoms with E-state index in [1.54, 1.807) is 12.1 Å². The van der Waals surface area contributed by atoms with Crippen LogP contribution in [0.4, 0.5) is 5.82 Å². The molecule has 0 atom stereocenters. The highest BCUT2D eigenvalue weighted by Gasteiger charge is 2.13. The topological polar surface area (TPSA) is 112 Å². The van der Waals surface area contributed by atoms with Crippen LogP contribution in [0.3, 0.4) is 0 Å². The van der Waals surface area contributed by atoms with E-state index in [4.69, 9.17) is 4.74 Å². The fraction of sp³-hybridized carbons (Fsp3) is 0.143. The fourth-order valence-electron chi connectivity index (χ4n) is 1.85. The number of sulfonamides is 1. The molecule has 0 saturated carbocycles. The van der Waals surface area contributed by atoms with E-state index >= 15 is 0 Å². The average molecular weight is 346 g/mol. The minimum atomic E-state index is -3.60. The highest BCUT2D eigenvalue weighted by molar-refractivity contribution is 7.92. The maximum absolute atomic E-state index is 12.1. The van der Waals surface area contributed by atoms with E-state index in [0.717, 1.165) is 0 Å². The summed E-state index contributed by atoms with van der Waals surface area (Å²) in [5.41, 5.74) is 0. The summed E-state index contributed by atoms with van der Waals surface area (Å²) in [6.45, 7) is 0.0281. The van der Waals surface area contributed by atoms with Crippen molar-refractivity contribution in [2.45, 2.75) is 0 Å². The molecule has 0 radical (unpaired) electrons. The smallest absolute Gasteiger partial charge is 0.237 e. The second-order valence-electron chi connectivity index (χ2n) is 4.68. The first-order chi connectivity index (χ1) is 11.6. The molecule has 3 rings (SSSR count). The zero-order valence-electron chi connectivity index (χ0n) is 12.5. The second-order valence-corrected chi connectivity index (χ2v) is 6.53. The van der Waals surface area contributed by atoms with Gasteiger partial charge in [0, 0.05) is 6.07 Å². The zero-order valence-corrected chi connectivity index (χ0v) is 13.3. The van der Waals surface area contributed by atoms with E-state index in [-0.39, 0.29) is 18.2 Å². The Hall–Kier alpha value is -3.01. The molecule has 3 aromatic rings. The molecule has 124 valence electrons. The lowest BCUT2D eigenvalue weighted by Crippen LogP contribution is -2.22.